The number of carbonyl (C=O) groups excluding carboxylic acids is 2. The molecule has 0 bridgehead atoms. The maximum Gasteiger partial charge on any atom is 0.416 e. The third-order valence-corrected chi connectivity index (χ3v) is 4.75. The molecule has 6 heteroatoms. The molecule has 2 atom stereocenters. The van der Waals surface area contributed by atoms with Gasteiger partial charge in [-0.3, -0.25) is 4.90 Å². The number of esters is 1. The minimum Gasteiger partial charge on any atom is -0.467 e. The molecule has 5 nitrogen and oxygen atoms in total. The largest absolute Gasteiger partial charge is 0.467 e. The van der Waals surface area contributed by atoms with Gasteiger partial charge < -0.3 is 9.47 Å². The number of ether oxygens (including phenoxy) is 2. The van der Waals surface area contributed by atoms with E-state index in [-0.39, 0.29) is 0 Å². The molecule has 0 saturated carbocycles. The van der Waals surface area contributed by atoms with Crippen LogP contribution in [-0.4, -0.2) is 24.7 Å². The number of rotatable bonds is 4. The fraction of sp³-hybridized carbons (Fsp3) is 0.263. The number of hydrogen-bond donors (Lipinski definition) is 0. The Balaban J connectivity index is 2.17. The topological polar surface area (TPSA) is 55.8 Å². The average Bonchev–Trinajstić information content (AvgIpc) is 2.96. The summed E-state index contributed by atoms with van der Waals surface area (Å²) in [5, 5.41) is 0.538. The van der Waals surface area contributed by atoms with Gasteiger partial charge in [0, 0.05) is 10.7 Å². The number of hydrogen-bond acceptors (Lipinski definition) is 4. The third-order valence-electron chi connectivity index (χ3n) is 4.50. The number of anilines is 1. The second-order valence-electron chi connectivity index (χ2n) is 5.76. The molecule has 3 rings (SSSR count). The first kappa shape index (κ1) is 17.3. The molecular weight excluding hydrogens is 342 g/mol. The summed E-state index contributed by atoms with van der Waals surface area (Å²) in [7, 11) is 1.31. The van der Waals surface area contributed by atoms with E-state index in [4.69, 9.17) is 21.1 Å². The molecule has 25 heavy (non-hydrogen) atoms. The third kappa shape index (κ3) is 2.74. The van der Waals surface area contributed by atoms with E-state index in [2.05, 4.69) is 0 Å². The zero-order valence-corrected chi connectivity index (χ0v) is 14.7. The highest BCUT2D eigenvalue weighted by atomic mass is 35.5. The van der Waals surface area contributed by atoms with Crippen LogP contribution in [0.3, 0.4) is 0 Å². The monoisotopic (exact) mass is 359 g/mol. The lowest BCUT2D eigenvalue weighted by molar-refractivity contribution is -0.149. The minimum absolute atomic E-state index is 0.327. The standard InChI is InChI=1S/C19H18ClNO4/c1-3-19(17(22)24-2)16(13-7-5-4-6-8-13)25-18(23)21(19)15-11-9-14(20)10-12-15/h4-12,16H,3H2,1-2H3. The van der Waals surface area contributed by atoms with E-state index in [1.807, 2.05) is 37.3 Å². The number of amides is 1. The molecule has 0 aromatic heterocycles. The van der Waals surface area contributed by atoms with Crippen LogP contribution in [0.15, 0.2) is 54.6 Å². The molecule has 1 saturated heterocycles. The number of cyclic esters (lactones) is 1. The lowest BCUT2D eigenvalue weighted by atomic mass is 9.84. The smallest absolute Gasteiger partial charge is 0.416 e. The van der Waals surface area contributed by atoms with E-state index in [0.717, 1.165) is 5.56 Å². The SMILES string of the molecule is CCC1(C(=O)OC)C(c2ccccc2)OC(=O)N1c1ccc(Cl)cc1. The number of methoxy groups -OCH3 is 1. The van der Waals surface area contributed by atoms with Crippen LogP contribution in [-0.2, 0) is 14.3 Å². The molecule has 1 aliphatic heterocycles. The molecule has 1 heterocycles. The normalized spacial score (nSPS) is 22.6. The number of benzene rings is 2. The van der Waals surface area contributed by atoms with E-state index in [1.165, 1.54) is 12.0 Å². The Bertz CT molecular complexity index is 778. The van der Waals surface area contributed by atoms with Gasteiger partial charge in [0.05, 0.1) is 7.11 Å². The first-order chi connectivity index (χ1) is 12.0. The van der Waals surface area contributed by atoms with E-state index in [9.17, 15) is 9.59 Å². The predicted molar refractivity (Wildman–Crippen MR) is 94.6 cm³/mol. The minimum atomic E-state index is -1.29. The van der Waals surface area contributed by atoms with Crippen molar-refractivity contribution in [2.45, 2.75) is 25.0 Å². The fourth-order valence-corrected chi connectivity index (χ4v) is 3.42. The molecule has 130 valence electrons. The van der Waals surface area contributed by atoms with Crippen LogP contribution in [0.25, 0.3) is 0 Å². The quantitative estimate of drug-likeness (QED) is 0.761. The van der Waals surface area contributed by atoms with Crippen molar-refractivity contribution in [3.63, 3.8) is 0 Å². The van der Waals surface area contributed by atoms with E-state index >= 15 is 0 Å². The van der Waals surface area contributed by atoms with Crippen LogP contribution in [0.2, 0.25) is 5.02 Å². The summed E-state index contributed by atoms with van der Waals surface area (Å²) in [6.45, 7) is 1.83. The Kier molecular flexibility index (Phi) is 4.68. The van der Waals surface area contributed by atoms with Crippen LogP contribution in [0.1, 0.15) is 25.0 Å². The second-order valence-corrected chi connectivity index (χ2v) is 6.19. The van der Waals surface area contributed by atoms with Gasteiger partial charge >= 0.3 is 12.1 Å². The highest BCUT2D eigenvalue weighted by Crippen LogP contribution is 2.46. The summed E-state index contributed by atoms with van der Waals surface area (Å²) in [6.07, 6.45) is -1.04. The molecule has 0 N–H and O–H groups in total. The van der Waals surface area contributed by atoms with Crippen molar-refractivity contribution in [3.05, 3.63) is 65.2 Å². The molecule has 1 fully saturated rings. The van der Waals surface area contributed by atoms with Crippen molar-refractivity contribution < 1.29 is 19.1 Å². The first-order valence-electron chi connectivity index (χ1n) is 7.94. The van der Waals surface area contributed by atoms with Gasteiger partial charge in [-0.05, 0) is 36.2 Å². The second kappa shape index (κ2) is 6.76. The van der Waals surface area contributed by atoms with Gasteiger partial charge in [0.25, 0.3) is 0 Å². The highest BCUT2D eigenvalue weighted by Gasteiger charge is 2.61. The van der Waals surface area contributed by atoms with Gasteiger partial charge in [0.1, 0.15) is 0 Å². The highest BCUT2D eigenvalue weighted by molar-refractivity contribution is 6.30. The predicted octanol–water partition coefficient (Wildman–Crippen LogP) is 4.36. The van der Waals surface area contributed by atoms with Crippen LogP contribution in [0.5, 0.6) is 0 Å². The number of halogens is 1. The van der Waals surface area contributed by atoms with Gasteiger partial charge in [-0.25, -0.2) is 9.59 Å². The summed E-state index contributed by atoms with van der Waals surface area (Å²) < 4.78 is 10.7. The molecule has 2 unspecified atom stereocenters. The Morgan fingerprint density at radius 2 is 1.84 bits per heavy atom. The Morgan fingerprint density at radius 3 is 2.40 bits per heavy atom. The summed E-state index contributed by atoms with van der Waals surface area (Å²) in [6, 6.07) is 15.9. The lowest BCUT2D eigenvalue weighted by Gasteiger charge is -2.35. The maximum absolute atomic E-state index is 12.8. The molecule has 1 amide bonds. The van der Waals surface area contributed by atoms with Gasteiger partial charge in [0.15, 0.2) is 11.6 Å². The van der Waals surface area contributed by atoms with E-state index < -0.39 is 23.7 Å². The molecule has 1 aliphatic rings. The average molecular weight is 360 g/mol. The Labute approximate surface area is 151 Å². The van der Waals surface area contributed by atoms with Crippen LogP contribution in [0.4, 0.5) is 10.5 Å². The van der Waals surface area contributed by atoms with Crippen LogP contribution < -0.4 is 4.90 Å². The number of nitrogens with zero attached hydrogens (tertiary/aromatic N) is 1. The molecule has 2 aromatic carbocycles. The van der Waals surface area contributed by atoms with Gasteiger partial charge in [-0.1, -0.05) is 48.9 Å². The molecule has 0 spiro atoms. The van der Waals surface area contributed by atoms with E-state index in [1.54, 1.807) is 24.3 Å². The fourth-order valence-electron chi connectivity index (χ4n) is 3.29. The van der Waals surface area contributed by atoms with Crippen molar-refractivity contribution in [1.29, 1.82) is 0 Å². The summed E-state index contributed by atoms with van der Waals surface area (Å²) in [4.78, 5) is 26.9. The summed E-state index contributed by atoms with van der Waals surface area (Å²) in [5.41, 5.74) is -0.0271. The zero-order chi connectivity index (χ0) is 18.0. The Morgan fingerprint density at radius 1 is 1.20 bits per heavy atom. The molecule has 2 aromatic rings. The van der Waals surface area contributed by atoms with Gasteiger partial charge in [-0.15, -0.1) is 0 Å². The maximum atomic E-state index is 12.8. The zero-order valence-electron chi connectivity index (χ0n) is 13.9. The lowest BCUT2D eigenvalue weighted by Crippen LogP contribution is -2.55. The van der Waals surface area contributed by atoms with Gasteiger partial charge in [-0.2, -0.15) is 0 Å². The van der Waals surface area contributed by atoms with Gasteiger partial charge in [0.2, 0.25) is 0 Å². The van der Waals surface area contributed by atoms with Crippen molar-refractivity contribution in [3.8, 4) is 0 Å². The first-order valence-corrected chi connectivity index (χ1v) is 8.32. The Hall–Kier alpha value is -2.53. The van der Waals surface area contributed by atoms with Crippen molar-refractivity contribution in [2.75, 3.05) is 12.0 Å². The van der Waals surface area contributed by atoms with E-state index in [0.29, 0.717) is 17.1 Å². The summed E-state index contributed by atoms with van der Waals surface area (Å²) >= 11 is 5.95. The molecular formula is C19H18ClNO4. The van der Waals surface area contributed by atoms with Crippen LogP contribution in [0, 0.1) is 0 Å². The van der Waals surface area contributed by atoms with Crippen molar-refractivity contribution >= 4 is 29.4 Å². The molecule has 0 aliphatic carbocycles. The number of carbonyl (C=O) groups is 2. The molecule has 0 radical (unpaired) electrons. The summed E-state index contributed by atoms with van der Waals surface area (Å²) in [5.74, 6) is -0.523. The van der Waals surface area contributed by atoms with Crippen LogP contribution >= 0.6 is 11.6 Å². The van der Waals surface area contributed by atoms with Crippen molar-refractivity contribution in [1.82, 2.24) is 0 Å². The van der Waals surface area contributed by atoms with Crippen molar-refractivity contribution in [2.24, 2.45) is 0 Å².